The molecule has 3 aromatic rings. The fraction of sp³-hybridized carbons (Fsp3) is 0.111. The number of ether oxygens (including phenoxy) is 1. The molecule has 1 aromatic heterocycles. The van der Waals surface area contributed by atoms with Crippen molar-refractivity contribution in [2.24, 2.45) is 7.05 Å². The molecule has 0 N–H and O–H groups in total. The van der Waals surface area contributed by atoms with Crippen LogP contribution in [-0.2, 0) is 18.4 Å². The molecule has 3 rings (SSSR count). The van der Waals surface area contributed by atoms with Crippen molar-refractivity contribution in [3.8, 4) is 11.3 Å². The average molecular weight is 396 g/mol. The van der Waals surface area contributed by atoms with Crippen LogP contribution in [0.1, 0.15) is 15.9 Å². The summed E-state index contributed by atoms with van der Waals surface area (Å²) in [6.45, 7) is -0.00399. The third kappa shape index (κ3) is 3.82. The number of hydrogen-bond donors (Lipinski definition) is 0. The lowest BCUT2D eigenvalue weighted by Crippen LogP contribution is -2.06. The van der Waals surface area contributed by atoms with Gasteiger partial charge in [0.15, 0.2) is 0 Å². The van der Waals surface area contributed by atoms with E-state index >= 15 is 0 Å². The van der Waals surface area contributed by atoms with Gasteiger partial charge in [0.1, 0.15) is 17.5 Å². The average Bonchev–Trinajstić information content (AvgIpc) is 2.90. The molecular weight excluding hydrogens is 383 g/mol. The summed E-state index contributed by atoms with van der Waals surface area (Å²) in [5.41, 5.74) is 2.53. The minimum atomic E-state index is -0.516. The zero-order valence-electron chi connectivity index (χ0n) is 13.2. The Balaban J connectivity index is 1.83. The molecule has 0 bridgehead atoms. The molecule has 25 heavy (non-hydrogen) atoms. The SMILES string of the molecule is Cn1nc(-c2ccccc2)c(COC(=O)c2ccc(Cl)c(Cl)c2)c1Cl. The molecule has 0 unspecified atom stereocenters. The summed E-state index contributed by atoms with van der Waals surface area (Å²) in [6, 6.07) is 14.1. The van der Waals surface area contributed by atoms with Gasteiger partial charge in [-0.3, -0.25) is 4.68 Å². The summed E-state index contributed by atoms with van der Waals surface area (Å²) in [7, 11) is 1.74. The van der Waals surface area contributed by atoms with E-state index in [1.807, 2.05) is 30.3 Å². The van der Waals surface area contributed by atoms with Crippen LogP contribution in [0.4, 0.5) is 0 Å². The molecule has 128 valence electrons. The van der Waals surface area contributed by atoms with Crippen molar-refractivity contribution in [3.05, 3.63) is 74.9 Å². The van der Waals surface area contributed by atoms with Gasteiger partial charge < -0.3 is 4.74 Å². The molecule has 4 nitrogen and oxygen atoms in total. The number of halogens is 3. The molecule has 0 aliphatic heterocycles. The first-order chi connectivity index (χ1) is 12.0. The highest BCUT2D eigenvalue weighted by atomic mass is 35.5. The number of rotatable bonds is 4. The van der Waals surface area contributed by atoms with Crippen molar-refractivity contribution in [1.82, 2.24) is 9.78 Å². The number of carbonyl (C=O) groups excluding carboxylic acids is 1. The zero-order chi connectivity index (χ0) is 18.0. The summed E-state index contributed by atoms with van der Waals surface area (Å²) in [5.74, 6) is -0.516. The predicted octanol–water partition coefficient (Wildman–Crippen LogP) is 5.40. The van der Waals surface area contributed by atoms with Crippen LogP contribution >= 0.6 is 34.8 Å². The van der Waals surface area contributed by atoms with Gasteiger partial charge in [-0.25, -0.2) is 4.79 Å². The van der Waals surface area contributed by atoms with E-state index in [1.165, 1.54) is 6.07 Å². The molecule has 7 heteroatoms. The maximum absolute atomic E-state index is 12.3. The van der Waals surface area contributed by atoms with Crippen molar-refractivity contribution < 1.29 is 9.53 Å². The van der Waals surface area contributed by atoms with E-state index < -0.39 is 5.97 Å². The third-order valence-corrected chi connectivity index (χ3v) is 4.83. The quantitative estimate of drug-likeness (QED) is 0.555. The van der Waals surface area contributed by atoms with Crippen LogP contribution in [0.2, 0.25) is 15.2 Å². The topological polar surface area (TPSA) is 44.1 Å². The number of benzene rings is 2. The minimum absolute atomic E-state index is 0.00399. The second kappa shape index (κ2) is 7.48. The number of hydrogen-bond acceptors (Lipinski definition) is 3. The van der Waals surface area contributed by atoms with Crippen LogP contribution < -0.4 is 0 Å². The number of aryl methyl sites for hydroxylation is 1. The monoisotopic (exact) mass is 394 g/mol. The van der Waals surface area contributed by atoms with Crippen LogP contribution in [-0.4, -0.2) is 15.7 Å². The van der Waals surface area contributed by atoms with Gasteiger partial charge in [-0.05, 0) is 18.2 Å². The molecule has 0 fully saturated rings. The second-order valence-electron chi connectivity index (χ2n) is 5.31. The second-order valence-corrected chi connectivity index (χ2v) is 6.49. The van der Waals surface area contributed by atoms with Gasteiger partial charge in [-0.15, -0.1) is 0 Å². The van der Waals surface area contributed by atoms with E-state index in [2.05, 4.69) is 5.10 Å². The number of carbonyl (C=O) groups is 1. The van der Waals surface area contributed by atoms with Crippen molar-refractivity contribution in [2.45, 2.75) is 6.61 Å². The maximum Gasteiger partial charge on any atom is 0.338 e. The maximum atomic E-state index is 12.3. The summed E-state index contributed by atoms with van der Waals surface area (Å²) >= 11 is 18.1. The Labute approximate surface area is 159 Å². The predicted molar refractivity (Wildman–Crippen MR) is 99.2 cm³/mol. The fourth-order valence-corrected chi connectivity index (χ4v) is 2.83. The Morgan fingerprint density at radius 3 is 2.48 bits per heavy atom. The van der Waals surface area contributed by atoms with Gasteiger partial charge in [0.25, 0.3) is 0 Å². The lowest BCUT2D eigenvalue weighted by atomic mass is 10.1. The van der Waals surface area contributed by atoms with Crippen LogP contribution in [0.15, 0.2) is 48.5 Å². The Morgan fingerprint density at radius 1 is 1.08 bits per heavy atom. The molecule has 0 saturated heterocycles. The number of nitrogens with zero attached hydrogens (tertiary/aromatic N) is 2. The van der Waals surface area contributed by atoms with Gasteiger partial charge in [-0.1, -0.05) is 65.1 Å². The largest absolute Gasteiger partial charge is 0.457 e. The Bertz CT molecular complexity index is 924. The summed E-state index contributed by atoms with van der Waals surface area (Å²) in [5, 5.41) is 5.50. The first kappa shape index (κ1) is 17.8. The van der Waals surface area contributed by atoms with Gasteiger partial charge >= 0.3 is 5.97 Å². The van der Waals surface area contributed by atoms with E-state index in [0.717, 1.165) is 5.56 Å². The molecule has 0 amide bonds. The van der Waals surface area contributed by atoms with Crippen LogP contribution in [0.3, 0.4) is 0 Å². The van der Waals surface area contributed by atoms with Crippen molar-refractivity contribution in [1.29, 1.82) is 0 Å². The van der Waals surface area contributed by atoms with Gasteiger partial charge in [-0.2, -0.15) is 5.10 Å². The van der Waals surface area contributed by atoms with E-state index in [0.29, 0.717) is 32.0 Å². The Kier molecular flexibility index (Phi) is 5.33. The molecule has 0 atom stereocenters. The van der Waals surface area contributed by atoms with E-state index in [-0.39, 0.29) is 6.61 Å². The van der Waals surface area contributed by atoms with Crippen LogP contribution in [0, 0.1) is 0 Å². The van der Waals surface area contributed by atoms with Crippen molar-refractivity contribution in [3.63, 3.8) is 0 Å². The molecule has 0 spiro atoms. The summed E-state index contributed by atoms with van der Waals surface area (Å²) in [4.78, 5) is 12.3. The molecule has 0 saturated carbocycles. The normalized spacial score (nSPS) is 10.7. The summed E-state index contributed by atoms with van der Waals surface area (Å²) in [6.07, 6.45) is 0. The summed E-state index contributed by atoms with van der Waals surface area (Å²) < 4.78 is 6.93. The smallest absolute Gasteiger partial charge is 0.338 e. The van der Waals surface area contributed by atoms with Gasteiger partial charge in [0.05, 0.1) is 21.2 Å². The number of aromatic nitrogens is 2. The number of esters is 1. The van der Waals surface area contributed by atoms with E-state index in [4.69, 9.17) is 39.5 Å². The highest BCUT2D eigenvalue weighted by Crippen LogP contribution is 2.29. The molecule has 0 radical (unpaired) electrons. The Hall–Kier alpha value is -2.01. The third-order valence-electron chi connectivity index (χ3n) is 3.62. The lowest BCUT2D eigenvalue weighted by molar-refractivity contribution is 0.0473. The molecule has 0 aliphatic rings. The fourth-order valence-electron chi connectivity index (χ4n) is 2.35. The van der Waals surface area contributed by atoms with E-state index in [9.17, 15) is 4.79 Å². The Morgan fingerprint density at radius 2 is 1.80 bits per heavy atom. The van der Waals surface area contributed by atoms with Crippen molar-refractivity contribution >= 4 is 40.8 Å². The van der Waals surface area contributed by atoms with Crippen molar-refractivity contribution in [2.75, 3.05) is 0 Å². The standard InChI is InChI=1S/C18H13Cl3N2O2/c1-23-17(21)13(16(22-23)11-5-3-2-4-6-11)10-25-18(24)12-7-8-14(19)15(20)9-12/h2-9H,10H2,1H3. The highest BCUT2D eigenvalue weighted by molar-refractivity contribution is 6.42. The first-order valence-corrected chi connectivity index (χ1v) is 8.49. The van der Waals surface area contributed by atoms with Gasteiger partial charge in [0.2, 0.25) is 0 Å². The van der Waals surface area contributed by atoms with Crippen LogP contribution in [0.5, 0.6) is 0 Å². The molecule has 0 aliphatic carbocycles. The first-order valence-electron chi connectivity index (χ1n) is 7.36. The molecular formula is C18H13Cl3N2O2. The molecule has 2 aromatic carbocycles. The highest BCUT2D eigenvalue weighted by Gasteiger charge is 2.18. The lowest BCUT2D eigenvalue weighted by Gasteiger charge is -2.07. The van der Waals surface area contributed by atoms with Gasteiger partial charge in [0, 0.05) is 12.6 Å². The minimum Gasteiger partial charge on any atom is -0.457 e. The van der Waals surface area contributed by atoms with Crippen LogP contribution in [0.25, 0.3) is 11.3 Å². The zero-order valence-corrected chi connectivity index (χ0v) is 15.4. The molecule has 1 heterocycles. The van der Waals surface area contributed by atoms with E-state index in [1.54, 1.807) is 23.9 Å².